The van der Waals surface area contributed by atoms with Crippen LogP contribution < -0.4 is 5.73 Å². The standard InChI is InChI=1S/C12H12N4/c1-6-3-7(2)10-8(4-6)5-9-11(13)15-16-12(9)14-10/h3-5H,1-2H3,(H3,13,14,15,16). The molecule has 0 bridgehead atoms. The minimum absolute atomic E-state index is 0.573. The summed E-state index contributed by atoms with van der Waals surface area (Å²) in [6.07, 6.45) is 0. The summed E-state index contributed by atoms with van der Waals surface area (Å²) in [5, 5.41) is 8.82. The first-order valence-electron chi connectivity index (χ1n) is 5.17. The number of aryl methyl sites for hydroxylation is 2. The van der Waals surface area contributed by atoms with Gasteiger partial charge >= 0.3 is 0 Å². The van der Waals surface area contributed by atoms with Crippen LogP contribution in [0, 0.1) is 13.8 Å². The number of fused-ring (bicyclic) bond motifs is 2. The first-order valence-corrected chi connectivity index (χ1v) is 5.17. The Hall–Kier alpha value is -2.10. The fraction of sp³-hybridized carbons (Fsp3) is 0.167. The number of nitrogens with zero attached hydrogens (tertiary/aromatic N) is 2. The molecule has 2 heterocycles. The molecular weight excluding hydrogens is 200 g/mol. The number of hydrogen-bond donors (Lipinski definition) is 2. The number of rotatable bonds is 0. The van der Waals surface area contributed by atoms with E-state index in [1.807, 2.05) is 6.07 Å². The van der Waals surface area contributed by atoms with Gasteiger partial charge in [-0.2, -0.15) is 5.10 Å². The zero-order valence-corrected chi connectivity index (χ0v) is 9.20. The molecule has 3 rings (SSSR count). The van der Waals surface area contributed by atoms with E-state index in [9.17, 15) is 0 Å². The van der Waals surface area contributed by atoms with Crippen LogP contribution in [-0.2, 0) is 0 Å². The average Bonchev–Trinajstić information content (AvgIpc) is 2.58. The maximum atomic E-state index is 5.79. The third kappa shape index (κ3) is 1.16. The van der Waals surface area contributed by atoms with Gasteiger partial charge in [-0.25, -0.2) is 4.98 Å². The molecule has 0 unspecified atom stereocenters. The van der Waals surface area contributed by atoms with E-state index in [1.165, 1.54) is 11.1 Å². The highest BCUT2D eigenvalue weighted by Crippen LogP contribution is 2.24. The molecule has 0 aliphatic heterocycles. The summed E-state index contributed by atoms with van der Waals surface area (Å²) in [6.45, 7) is 4.14. The Balaban J connectivity index is 2.53. The smallest absolute Gasteiger partial charge is 0.183 e. The zero-order valence-electron chi connectivity index (χ0n) is 9.20. The zero-order chi connectivity index (χ0) is 11.3. The van der Waals surface area contributed by atoms with Crippen LogP contribution >= 0.6 is 0 Å². The Kier molecular flexibility index (Phi) is 1.68. The normalized spacial score (nSPS) is 11.4. The van der Waals surface area contributed by atoms with Crippen molar-refractivity contribution in [2.45, 2.75) is 13.8 Å². The van der Waals surface area contributed by atoms with Crippen LogP contribution in [0.2, 0.25) is 0 Å². The number of nitrogens with one attached hydrogen (secondary N) is 1. The number of hydrogen-bond acceptors (Lipinski definition) is 3. The van der Waals surface area contributed by atoms with Crippen LogP contribution in [0.4, 0.5) is 5.82 Å². The highest BCUT2D eigenvalue weighted by Gasteiger charge is 2.07. The summed E-state index contributed by atoms with van der Waals surface area (Å²) in [7, 11) is 0. The van der Waals surface area contributed by atoms with Crippen LogP contribution in [0.1, 0.15) is 11.1 Å². The molecular formula is C12H12N4. The molecule has 0 saturated carbocycles. The first kappa shape index (κ1) is 9.15. The van der Waals surface area contributed by atoms with Gasteiger partial charge in [-0.15, -0.1) is 0 Å². The second-order valence-corrected chi connectivity index (χ2v) is 4.15. The molecule has 0 fully saturated rings. The van der Waals surface area contributed by atoms with Crippen LogP contribution in [0.5, 0.6) is 0 Å². The summed E-state index contributed by atoms with van der Waals surface area (Å²) in [4.78, 5) is 4.52. The second kappa shape index (κ2) is 2.95. The Bertz CT molecular complexity index is 697. The van der Waals surface area contributed by atoms with Gasteiger partial charge in [0.2, 0.25) is 0 Å². The monoisotopic (exact) mass is 212 g/mol. The minimum atomic E-state index is 0.573. The summed E-state index contributed by atoms with van der Waals surface area (Å²) < 4.78 is 0. The SMILES string of the molecule is Cc1cc(C)c2nc3n[nH]c(N)c3cc2c1. The van der Waals surface area contributed by atoms with Gasteiger partial charge in [0.25, 0.3) is 0 Å². The Morgan fingerprint density at radius 1 is 1.19 bits per heavy atom. The predicted octanol–water partition coefficient (Wildman–Crippen LogP) is 2.31. The number of nitrogens with two attached hydrogens (primary N) is 1. The van der Waals surface area contributed by atoms with Gasteiger partial charge in [0.1, 0.15) is 5.82 Å². The molecule has 0 aliphatic carbocycles. The molecule has 4 heteroatoms. The van der Waals surface area contributed by atoms with Crippen molar-refractivity contribution in [2.24, 2.45) is 0 Å². The maximum Gasteiger partial charge on any atom is 0.183 e. The molecule has 0 radical (unpaired) electrons. The molecule has 80 valence electrons. The summed E-state index contributed by atoms with van der Waals surface area (Å²) in [5.41, 5.74) is 9.85. The number of H-pyrrole nitrogens is 1. The van der Waals surface area contributed by atoms with Gasteiger partial charge in [-0.05, 0) is 31.5 Å². The van der Waals surface area contributed by atoms with Crippen molar-refractivity contribution >= 4 is 27.8 Å². The van der Waals surface area contributed by atoms with Crippen LogP contribution in [0.15, 0.2) is 18.2 Å². The molecule has 0 aliphatic rings. The van der Waals surface area contributed by atoms with Crippen LogP contribution in [-0.4, -0.2) is 15.2 Å². The largest absolute Gasteiger partial charge is 0.384 e. The molecule has 3 N–H and O–H groups in total. The van der Waals surface area contributed by atoms with Crippen molar-refractivity contribution in [3.8, 4) is 0 Å². The van der Waals surface area contributed by atoms with Gasteiger partial charge in [-0.3, -0.25) is 5.10 Å². The lowest BCUT2D eigenvalue weighted by atomic mass is 10.1. The van der Waals surface area contributed by atoms with Crippen LogP contribution in [0.25, 0.3) is 21.9 Å². The molecule has 0 amide bonds. The van der Waals surface area contributed by atoms with E-state index in [4.69, 9.17) is 5.73 Å². The number of nitrogen functional groups attached to an aromatic ring is 1. The fourth-order valence-electron chi connectivity index (χ4n) is 2.10. The van der Waals surface area contributed by atoms with Crippen molar-refractivity contribution < 1.29 is 0 Å². The average molecular weight is 212 g/mol. The third-order valence-corrected chi connectivity index (χ3v) is 2.81. The summed E-state index contributed by atoms with van der Waals surface area (Å²) in [6, 6.07) is 6.27. The second-order valence-electron chi connectivity index (χ2n) is 4.15. The predicted molar refractivity (Wildman–Crippen MR) is 65.3 cm³/mol. The van der Waals surface area contributed by atoms with Crippen LogP contribution in [0.3, 0.4) is 0 Å². The van der Waals surface area contributed by atoms with E-state index < -0.39 is 0 Å². The summed E-state index contributed by atoms with van der Waals surface area (Å²) in [5.74, 6) is 0.573. The fourth-order valence-corrected chi connectivity index (χ4v) is 2.10. The molecule has 0 saturated heterocycles. The molecule has 16 heavy (non-hydrogen) atoms. The van der Waals surface area contributed by atoms with E-state index in [1.54, 1.807) is 0 Å². The quantitative estimate of drug-likeness (QED) is 0.600. The Morgan fingerprint density at radius 2 is 2.00 bits per heavy atom. The topological polar surface area (TPSA) is 67.6 Å². The molecule has 0 spiro atoms. The van der Waals surface area contributed by atoms with Crippen molar-refractivity contribution in [1.29, 1.82) is 0 Å². The highest BCUT2D eigenvalue weighted by molar-refractivity contribution is 5.97. The van der Waals surface area contributed by atoms with Crippen molar-refractivity contribution in [1.82, 2.24) is 15.2 Å². The lowest BCUT2D eigenvalue weighted by molar-refractivity contribution is 1.11. The maximum absolute atomic E-state index is 5.79. The molecule has 1 aromatic carbocycles. The Morgan fingerprint density at radius 3 is 2.81 bits per heavy atom. The number of benzene rings is 1. The van der Waals surface area contributed by atoms with Gasteiger partial charge in [0, 0.05) is 5.39 Å². The van der Waals surface area contributed by atoms with Gasteiger partial charge in [0.05, 0.1) is 10.9 Å². The number of pyridine rings is 1. The number of anilines is 1. The van der Waals surface area contributed by atoms with Crippen molar-refractivity contribution in [3.05, 3.63) is 29.3 Å². The highest BCUT2D eigenvalue weighted by atomic mass is 15.2. The Labute approximate surface area is 92.5 Å². The molecule has 0 atom stereocenters. The first-order chi connectivity index (χ1) is 7.65. The molecule has 2 aromatic heterocycles. The number of aromatic nitrogens is 3. The summed E-state index contributed by atoms with van der Waals surface area (Å²) >= 11 is 0. The van der Waals surface area contributed by atoms with E-state index >= 15 is 0 Å². The van der Waals surface area contributed by atoms with Crippen molar-refractivity contribution in [3.63, 3.8) is 0 Å². The van der Waals surface area contributed by atoms with Gasteiger partial charge in [0.15, 0.2) is 5.65 Å². The molecule has 3 aromatic rings. The lowest BCUT2D eigenvalue weighted by Crippen LogP contribution is -1.88. The third-order valence-electron chi connectivity index (χ3n) is 2.81. The van der Waals surface area contributed by atoms with Crippen molar-refractivity contribution in [2.75, 3.05) is 5.73 Å². The van der Waals surface area contributed by atoms with E-state index in [-0.39, 0.29) is 0 Å². The van der Waals surface area contributed by atoms with E-state index in [0.717, 1.165) is 16.3 Å². The van der Waals surface area contributed by atoms with Gasteiger partial charge in [-0.1, -0.05) is 11.6 Å². The number of aromatic amines is 1. The lowest BCUT2D eigenvalue weighted by Gasteiger charge is -2.03. The van der Waals surface area contributed by atoms with Gasteiger partial charge < -0.3 is 5.73 Å². The van der Waals surface area contributed by atoms with E-state index in [0.29, 0.717) is 11.5 Å². The molecule has 4 nitrogen and oxygen atoms in total. The minimum Gasteiger partial charge on any atom is -0.384 e. The van der Waals surface area contributed by atoms with E-state index in [2.05, 4.69) is 41.2 Å².